The average Bonchev–Trinajstić information content (AvgIpc) is 2.93. The standard InChI is InChI=1S/C20H23FN4/c1-14-17(18-8-3-4-9-19(18)25-14)10-11-23-20(22-2)24-13-15-6-5-7-16(21)12-15/h3-9,12,25H,10-11,13H2,1-2H3,(H2,22,23,24). The molecular formula is C20H23FN4. The SMILES string of the molecule is CN=C(NCCc1c(C)[nH]c2ccccc12)NCc1cccc(F)c1. The first-order valence-electron chi connectivity index (χ1n) is 8.42. The number of nitrogens with one attached hydrogen (secondary N) is 3. The van der Waals surface area contributed by atoms with E-state index in [2.05, 4.69) is 45.7 Å². The highest BCUT2D eigenvalue weighted by molar-refractivity contribution is 5.84. The minimum atomic E-state index is -0.225. The molecule has 130 valence electrons. The van der Waals surface area contributed by atoms with Gasteiger partial charge in [0.05, 0.1) is 0 Å². The quantitative estimate of drug-likeness (QED) is 0.492. The zero-order valence-corrected chi connectivity index (χ0v) is 14.6. The smallest absolute Gasteiger partial charge is 0.191 e. The minimum Gasteiger partial charge on any atom is -0.358 e. The van der Waals surface area contributed by atoms with Gasteiger partial charge in [0.25, 0.3) is 0 Å². The van der Waals surface area contributed by atoms with Crippen LogP contribution >= 0.6 is 0 Å². The molecule has 3 aromatic rings. The van der Waals surface area contributed by atoms with E-state index in [-0.39, 0.29) is 5.82 Å². The highest BCUT2D eigenvalue weighted by Crippen LogP contribution is 2.21. The first kappa shape index (κ1) is 17.0. The summed E-state index contributed by atoms with van der Waals surface area (Å²) in [6.45, 7) is 3.40. The van der Waals surface area contributed by atoms with Crippen molar-refractivity contribution in [2.75, 3.05) is 13.6 Å². The first-order valence-corrected chi connectivity index (χ1v) is 8.42. The van der Waals surface area contributed by atoms with Crippen molar-refractivity contribution in [2.45, 2.75) is 19.9 Å². The number of aromatic amines is 1. The lowest BCUT2D eigenvalue weighted by Crippen LogP contribution is -2.37. The Kier molecular flexibility index (Phi) is 5.33. The monoisotopic (exact) mass is 338 g/mol. The van der Waals surface area contributed by atoms with Gasteiger partial charge in [0.1, 0.15) is 5.82 Å². The molecule has 0 bridgehead atoms. The van der Waals surface area contributed by atoms with Crippen molar-refractivity contribution in [3.05, 3.63) is 71.2 Å². The van der Waals surface area contributed by atoms with Gasteiger partial charge in [0, 0.05) is 36.7 Å². The molecule has 0 spiro atoms. The van der Waals surface area contributed by atoms with E-state index in [9.17, 15) is 4.39 Å². The van der Waals surface area contributed by atoms with Gasteiger partial charge in [-0.15, -0.1) is 0 Å². The van der Waals surface area contributed by atoms with Crippen LogP contribution in [0.15, 0.2) is 53.5 Å². The Labute approximate surface area is 147 Å². The Hall–Kier alpha value is -2.82. The fourth-order valence-electron chi connectivity index (χ4n) is 3.02. The molecule has 0 amide bonds. The number of nitrogens with zero attached hydrogens (tertiary/aromatic N) is 1. The van der Waals surface area contributed by atoms with Crippen molar-refractivity contribution in [3.8, 4) is 0 Å². The Morgan fingerprint density at radius 2 is 1.96 bits per heavy atom. The Morgan fingerprint density at radius 3 is 2.76 bits per heavy atom. The third kappa shape index (κ3) is 4.18. The number of aryl methyl sites for hydroxylation is 1. The Morgan fingerprint density at radius 1 is 1.12 bits per heavy atom. The normalized spacial score (nSPS) is 11.7. The highest BCUT2D eigenvalue weighted by Gasteiger charge is 2.07. The number of aromatic nitrogens is 1. The van der Waals surface area contributed by atoms with Crippen LogP contribution in [0.4, 0.5) is 4.39 Å². The number of H-pyrrole nitrogens is 1. The molecule has 3 N–H and O–H groups in total. The second-order valence-electron chi connectivity index (χ2n) is 6.01. The molecule has 0 fully saturated rings. The van der Waals surface area contributed by atoms with Gasteiger partial charge in [-0.1, -0.05) is 30.3 Å². The molecule has 0 saturated heterocycles. The third-order valence-corrected chi connectivity index (χ3v) is 4.27. The number of guanidine groups is 1. The van der Waals surface area contributed by atoms with Crippen LogP contribution in [0.3, 0.4) is 0 Å². The van der Waals surface area contributed by atoms with Crippen LogP contribution in [0.2, 0.25) is 0 Å². The van der Waals surface area contributed by atoms with Crippen LogP contribution < -0.4 is 10.6 Å². The average molecular weight is 338 g/mol. The van der Waals surface area contributed by atoms with E-state index in [1.807, 2.05) is 12.1 Å². The van der Waals surface area contributed by atoms with E-state index in [0.717, 1.165) is 18.5 Å². The van der Waals surface area contributed by atoms with E-state index in [1.54, 1.807) is 13.1 Å². The number of hydrogen-bond donors (Lipinski definition) is 3. The van der Waals surface area contributed by atoms with Gasteiger partial charge < -0.3 is 15.6 Å². The number of para-hydroxylation sites is 1. The lowest BCUT2D eigenvalue weighted by Gasteiger charge is -2.12. The number of hydrogen-bond acceptors (Lipinski definition) is 1. The topological polar surface area (TPSA) is 52.2 Å². The van der Waals surface area contributed by atoms with Crippen molar-refractivity contribution < 1.29 is 4.39 Å². The molecule has 2 aromatic carbocycles. The van der Waals surface area contributed by atoms with Crippen molar-refractivity contribution in [2.24, 2.45) is 4.99 Å². The zero-order chi connectivity index (χ0) is 17.6. The molecule has 0 unspecified atom stereocenters. The van der Waals surface area contributed by atoms with Gasteiger partial charge in [-0.2, -0.15) is 0 Å². The van der Waals surface area contributed by atoms with Crippen LogP contribution in [0, 0.1) is 12.7 Å². The van der Waals surface area contributed by atoms with Gasteiger partial charge in [0.15, 0.2) is 5.96 Å². The van der Waals surface area contributed by atoms with Crippen LogP contribution in [0.1, 0.15) is 16.8 Å². The first-order chi connectivity index (χ1) is 12.2. The molecular weight excluding hydrogens is 315 g/mol. The number of rotatable bonds is 5. The summed E-state index contributed by atoms with van der Waals surface area (Å²) in [5, 5.41) is 7.79. The number of fused-ring (bicyclic) bond motifs is 1. The summed E-state index contributed by atoms with van der Waals surface area (Å²) in [6.07, 6.45) is 0.899. The maximum atomic E-state index is 13.2. The van der Waals surface area contributed by atoms with Crippen LogP contribution in [0.25, 0.3) is 10.9 Å². The van der Waals surface area contributed by atoms with Crippen molar-refractivity contribution in [3.63, 3.8) is 0 Å². The van der Waals surface area contributed by atoms with E-state index in [0.29, 0.717) is 12.5 Å². The predicted molar refractivity (Wildman–Crippen MR) is 101 cm³/mol. The van der Waals surface area contributed by atoms with Crippen LogP contribution in [-0.4, -0.2) is 24.5 Å². The van der Waals surface area contributed by atoms with E-state index < -0.39 is 0 Å². The number of benzene rings is 2. The summed E-state index contributed by atoms with van der Waals surface area (Å²) < 4.78 is 13.2. The van der Waals surface area contributed by atoms with Crippen molar-refractivity contribution in [1.82, 2.24) is 15.6 Å². The van der Waals surface area contributed by atoms with E-state index in [1.165, 1.54) is 34.3 Å². The predicted octanol–water partition coefficient (Wildman–Crippen LogP) is 3.52. The molecule has 0 saturated carbocycles. The van der Waals surface area contributed by atoms with E-state index >= 15 is 0 Å². The number of halogens is 1. The fourth-order valence-corrected chi connectivity index (χ4v) is 3.02. The van der Waals surface area contributed by atoms with Gasteiger partial charge in [-0.25, -0.2) is 4.39 Å². The highest BCUT2D eigenvalue weighted by atomic mass is 19.1. The van der Waals surface area contributed by atoms with E-state index in [4.69, 9.17) is 0 Å². The second kappa shape index (κ2) is 7.83. The summed E-state index contributed by atoms with van der Waals surface area (Å²) >= 11 is 0. The molecule has 0 aliphatic heterocycles. The molecule has 0 atom stereocenters. The molecule has 1 heterocycles. The summed E-state index contributed by atoms with van der Waals surface area (Å²) in [6, 6.07) is 14.9. The van der Waals surface area contributed by atoms with Crippen LogP contribution in [-0.2, 0) is 13.0 Å². The lowest BCUT2D eigenvalue weighted by atomic mass is 10.1. The van der Waals surface area contributed by atoms with Gasteiger partial charge in [-0.05, 0) is 42.7 Å². The summed E-state index contributed by atoms with van der Waals surface area (Å²) in [5.74, 6) is 0.485. The maximum Gasteiger partial charge on any atom is 0.191 e. The Balaban J connectivity index is 1.55. The molecule has 0 aliphatic carbocycles. The number of aliphatic imine (C=N–C) groups is 1. The second-order valence-corrected chi connectivity index (χ2v) is 6.01. The molecule has 3 rings (SSSR count). The molecule has 5 heteroatoms. The molecule has 0 aliphatic rings. The van der Waals surface area contributed by atoms with Crippen LogP contribution in [0.5, 0.6) is 0 Å². The largest absolute Gasteiger partial charge is 0.358 e. The van der Waals surface area contributed by atoms with Gasteiger partial charge in [-0.3, -0.25) is 4.99 Å². The molecule has 0 radical (unpaired) electrons. The Bertz CT molecular complexity index is 882. The minimum absolute atomic E-state index is 0.225. The summed E-state index contributed by atoms with van der Waals surface area (Å²) in [7, 11) is 1.73. The molecule has 25 heavy (non-hydrogen) atoms. The summed E-state index contributed by atoms with van der Waals surface area (Å²) in [5.41, 5.74) is 4.58. The maximum absolute atomic E-state index is 13.2. The van der Waals surface area contributed by atoms with Crippen molar-refractivity contribution in [1.29, 1.82) is 0 Å². The molecule has 4 nitrogen and oxygen atoms in total. The third-order valence-electron chi connectivity index (χ3n) is 4.27. The zero-order valence-electron chi connectivity index (χ0n) is 14.6. The van der Waals surface area contributed by atoms with Crippen molar-refractivity contribution >= 4 is 16.9 Å². The lowest BCUT2D eigenvalue weighted by molar-refractivity contribution is 0.624. The van der Waals surface area contributed by atoms with Gasteiger partial charge >= 0.3 is 0 Å². The molecule has 1 aromatic heterocycles. The summed E-state index contributed by atoms with van der Waals surface area (Å²) in [4.78, 5) is 7.64. The van der Waals surface area contributed by atoms with Gasteiger partial charge in [0.2, 0.25) is 0 Å². The fraction of sp³-hybridized carbons (Fsp3) is 0.250.